The van der Waals surface area contributed by atoms with Crippen LogP contribution in [0.15, 0.2) is 60.7 Å². The Morgan fingerprint density at radius 1 is 0.944 bits per heavy atom. The number of benzene rings is 3. The summed E-state index contributed by atoms with van der Waals surface area (Å²) >= 11 is 0. The Balaban J connectivity index is 1.46. The van der Waals surface area contributed by atoms with E-state index in [0.29, 0.717) is 23.8 Å². The summed E-state index contributed by atoms with van der Waals surface area (Å²) in [6.07, 6.45) is 9.33. The molecule has 1 unspecified atom stereocenters. The molecule has 0 fully saturated rings. The molecule has 2 aliphatic carbocycles. The third kappa shape index (κ3) is 4.81. The third-order valence-corrected chi connectivity index (χ3v) is 8.05. The van der Waals surface area contributed by atoms with Gasteiger partial charge in [-0.1, -0.05) is 51.5 Å². The van der Waals surface area contributed by atoms with Crippen LogP contribution in [0.2, 0.25) is 0 Å². The molecule has 0 aromatic heterocycles. The topological polar surface area (TPSA) is 18.5 Å². The van der Waals surface area contributed by atoms with Crippen molar-refractivity contribution in [1.29, 1.82) is 0 Å². The SMILES string of the molecule is CCCC1CCc2ccc(OCc3ccc(-c4cc(OC)ccc4F)c(C4=CCCC4(C)C)c3)cc21. The first kappa shape index (κ1) is 24.6. The fraction of sp³-hybridized carbons (Fsp3) is 0.394. The first-order valence-electron chi connectivity index (χ1n) is 13.3. The van der Waals surface area contributed by atoms with Crippen molar-refractivity contribution in [1.82, 2.24) is 0 Å². The number of hydrogen-bond acceptors (Lipinski definition) is 2. The molecule has 2 aliphatic rings. The minimum absolute atomic E-state index is 0.0395. The van der Waals surface area contributed by atoms with Crippen LogP contribution < -0.4 is 9.47 Å². The standard InChI is InChI=1S/C33H37FO2/c1-5-7-23-10-11-24-12-13-26(20-28(23)24)36-21-22-9-15-27(30-19-25(35-4)14-16-32(30)34)29(18-22)31-8-6-17-33(31,2)3/h8-9,12-16,18-20,23H,5-7,10-11,17,21H2,1-4H3. The Hall–Kier alpha value is -3.07. The average Bonchev–Trinajstić information content (AvgIpc) is 3.45. The Kier molecular flexibility index (Phi) is 6.92. The average molecular weight is 485 g/mol. The number of hydrogen-bond donors (Lipinski definition) is 0. The van der Waals surface area contributed by atoms with E-state index >= 15 is 4.39 Å². The van der Waals surface area contributed by atoms with Gasteiger partial charge in [-0.05, 0) is 113 Å². The maximum absolute atomic E-state index is 15.0. The van der Waals surface area contributed by atoms with Crippen LogP contribution in [0.5, 0.6) is 11.5 Å². The number of rotatable bonds is 8. The number of fused-ring (bicyclic) bond motifs is 1. The van der Waals surface area contributed by atoms with Crippen LogP contribution in [0.25, 0.3) is 16.7 Å². The Morgan fingerprint density at radius 3 is 2.53 bits per heavy atom. The van der Waals surface area contributed by atoms with Crippen molar-refractivity contribution in [2.45, 2.75) is 71.8 Å². The second-order valence-corrected chi connectivity index (χ2v) is 10.9. The van der Waals surface area contributed by atoms with Gasteiger partial charge in [-0.25, -0.2) is 4.39 Å². The summed E-state index contributed by atoms with van der Waals surface area (Å²) in [5.74, 6) is 2.01. The monoisotopic (exact) mass is 484 g/mol. The molecule has 188 valence electrons. The van der Waals surface area contributed by atoms with Gasteiger partial charge in [0, 0.05) is 5.56 Å². The summed E-state index contributed by atoms with van der Waals surface area (Å²) in [7, 11) is 1.62. The van der Waals surface area contributed by atoms with Crippen LogP contribution in [-0.4, -0.2) is 7.11 Å². The smallest absolute Gasteiger partial charge is 0.131 e. The first-order valence-corrected chi connectivity index (χ1v) is 13.3. The van der Waals surface area contributed by atoms with E-state index in [1.807, 2.05) is 6.07 Å². The minimum atomic E-state index is -0.239. The van der Waals surface area contributed by atoms with Gasteiger partial charge in [-0.15, -0.1) is 0 Å². The van der Waals surface area contributed by atoms with Crippen molar-refractivity contribution in [2.75, 3.05) is 7.11 Å². The van der Waals surface area contributed by atoms with Gasteiger partial charge < -0.3 is 9.47 Å². The molecule has 36 heavy (non-hydrogen) atoms. The molecule has 3 aromatic rings. The molecule has 0 saturated heterocycles. The van der Waals surface area contributed by atoms with Crippen LogP contribution in [0.4, 0.5) is 4.39 Å². The van der Waals surface area contributed by atoms with E-state index in [9.17, 15) is 0 Å². The quantitative estimate of drug-likeness (QED) is 0.317. The summed E-state index contributed by atoms with van der Waals surface area (Å²) in [4.78, 5) is 0. The van der Waals surface area contributed by atoms with Crippen LogP contribution in [-0.2, 0) is 13.0 Å². The van der Waals surface area contributed by atoms with E-state index in [1.165, 1.54) is 48.4 Å². The van der Waals surface area contributed by atoms with Crippen molar-refractivity contribution in [2.24, 2.45) is 5.41 Å². The van der Waals surface area contributed by atoms with Gasteiger partial charge in [0.15, 0.2) is 0 Å². The lowest BCUT2D eigenvalue weighted by Gasteiger charge is -2.25. The summed E-state index contributed by atoms with van der Waals surface area (Å²) in [5, 5.41) is 0. The number of halogens is 1. The lowest BCUT2D eigenvalue weighted by Crippen LogP contribution is -2.10. The van der Waals surface area contributed by atoms with Gasteiger partial charge in [-0.3, -0.25) is 0 Å². The maximum Gasteiger partial charge on any atom is 0.131 e. The van der Waals surface area contributed by atoms with Crippen molar-refractivity contribution in [3.8, 4) is 22.6 Å². The molecule has 3 heteroatoms. The van der Waals surface area contributed by atoms with E-state index in [-0.39, 0.29) is 11.2 Å². The molecular formula is C33H37FO2. The van der Waals surface area contributed by atoms with E-state index in [2.05, 4.69) is 57.2 Å². The minimum Gasteiger partial charge on any atom is -0.497 e. The van der Waals surface area contributed by atoms with Crippen molar-refractivity contribution in [3.05, 3.63) is 88.7 Å². The highest BCUT2D eigenvalue weighted by molar-refractivity contribution is 5.85. The van der Waals surface area contributed by atoms with Crippen LogP contribution in [0.3, 0.4) is 0 Å². The molecule has 0 amide bonds. The van der Waals surface area contributed by atoms with Crippen molar-refractivity contribution in [3.63, 3.8) is 0 Å². The number of aryl methyl sites for hydroxylation is 1. The number of ether oxygens (including phenoxy) is 2. The Morgan fingerprint density at radius 2 is 1.78 bits per heavy atom. The summed E-state index contributed by atoms with van der Waals surface area (Å²) in [6.45, 7) is 7.30. The predicted octanol–water partition coefficient (Wildman–Crippen LogP) is 9.11. The molecule has 0 aliphatic heterocycles. The fourth-order valence-corrected chi connectivity index (χ4v) is 6.01. The van der Waals surface area contributed by atoms with Crippen LogP contribution in [0.1, 0.15) is 81.0 Å². The summed E-state index contributed by atoms with van der Waals surface area (Å²) in [5.41, 5.74) is 7.91. The maximum atomic E-state index is 15.0. The molecular weight excluding hydrogens is 447 g/mol. The van der Waals surface area contributed by atoms with Gasteiger partial charge in [0.05, 0.1) is 7.11 Å². The summed E-state index contributed by atoms with van der Waals surface area (Å²) in [6, 6.07) is 17.9. The molecule has 0 N–H and O–H groups in total. The highest BCUT2D eigenvalue weighted by Gasteiger charge is 2.30. The zero-order valence-corrected chi connectivity index (χ0v) is 22.0. The van der Waals surface area contributed by atoms with Gasteiger partial charge >= 0.3 is 0 Å². The lowest BCUT2D eigenvalue weighted by molar-refractivity contribution is 0.305. The second-order valence-electron chi connectivity index (χ2n) is 10.9. The van der Waals surface area contributed by atoms with E-state index in [0.717, 1.165) is 35.3 Å². The fourth-order valence-electron chi connectivity index (χ4n) is 6.01. The van der Waals surface area contributed by atoms with Gasteiger partial charge in [0.1, 0.15) is 23.9 Å². The second kappa shape index (κ2) is 10.1. The van der Waals surface area contributed by atoms with Crippen molar-refractivity contribution >= 4 is 5.57 Å². The third-order valence-electron chi connectivity index (χ3n) is 8.05. The largest absolute Gasteiger partial charge is 0.497 e. The highest BCUT2D eigenvalue weighted by Crippen LogP contribution is 2.47. The number of allylic oxidation sites excluding steroid dienone is 2. The zero-order chi connectivity index (χ0) is 25.3. The van der Waals surface area contributed by atoms with Gasteiger partial charge in [-0.2, -0.15) is 0 Å². The van der Waals surface area contributed by atoms with E-state index in [4.69, 9.17) is 9.47 Å². The summed E-state index contributed by atoms with van der Waals surface area (Å²) < 4.78 is 26.7. The van der Waals surface area contributed by atoms with E-state index in [1.54, 1.807) is 19.2 Å². The zero-order valence-electron chi connectivity index (χ0n) is 22.0. The van der Waals surface area contributed by atoms with E-state index < -0.39 is 0 Å². The Bertz CT molecular complexity index is 1280. The molecule has 3 aromatic carbocycles. The predicted molar refractivity (Wildman–Crippen MR) is 146 cm³/mol. The Labute approximate surface area is 215 Å². The van der Waals surface area contributed by atoms with Gasteiger partial charge in [0.25, 0.3) is 0 Å². The van der Waals surface area contributed by atoms with Crippen molar-refractivity contribution < 1.29 is 13.9 Å². The molecule has 0 radical (unpaired) electrons. The molecule has 2 nitrogen and oxygen atoms in total. The normalized spacial score (nSPS) is 18.1. The first-order chi connectivity index (χ1) is 17.4. The molecule has 0 spiro atoms. The highest BCUT2D eigenvalue weighted by atomic mass is 19.1. The van der Waals surface area contributed by atoms with Crippen LogP contribution in [0, 0.1) is 11.2 Å². The molecule has 0 heterocycles. The van der Waals surface area contributed by atoms with Crippen LogP contribution >= 0.6 is 0 Å². The molecule has 0 bridgehead atoms. The molecule has 5 rings (SSSR count). The van der Waals surface area contributed by atoms with Gasteiger partial charge in [0.2, 0.25) is 0 Å². The lowest BCUT2D eigenvalue weighted by atomic mass is 9.79. The molecule has 0 saturated carbocycles. The number of methoxy groups -OCH3 is 1. The molecule has 1 atom stereocenters.